The normalized spacial score (nSPS) is 20.8. The van der Waals surface area contributed by atoms with Crippen molar-refractivity contribution in [3.63, 3.8) is 0 Å². The maximum absolute atomic E-state index is 14.6. The summed E-state index contributed by atoms with van der Waals surface area (Å²) in [4.78, 5) is 0. The van der Waals surface area contributed by atoms with Crippen molar-refractivity contribution in [2.24, 2.45) is 5.92 Å². The van der Waals surface area contributed by atoms with E-state index >= 15 is 0 Å². The van der Waals surface area contributed by atoms with Crippen LogP contribution in [0.15, 0.2) is 36.4 Å². The molecule has 0 unspecified atom stereocenters. The lowest BCUT2D eigenvalue weighted by Crippen LogP contribution is -2.11. The molecule has 0 saturated heterocycles. The van der Waals surface area contributed by atoms with Gasteiger partial charge >= 0.3 is 6.18 Å². The summed E-state index contributed by atoms with van der Waals surface area (Å²) in [5.41, 5.74) is -0.957. The van der Waals surface area contributed by atoms with Crippen LogP contribution in [0.5, 0.6) is 0 Å². The molecule has 0 atom stereocenters. The highest BCUT2D eigenvalue weighted by atomic mass is 19.4. The quantitative estimate of drug-likeness (QED) is 0.446. The van der Waals surface area contributed by atoms with E-state index in [4.69, 9.17) is 0 Å². The molecule has 3 rings (SSSR count). The van der Waals surface area contributed by atoms with Gasteiger partial charge in [0.2, 0.25) is 0 Å². The average Bonchev–Trinajstić information content (AvgIpc) is 2.60. The van der Waals surface area contributed by atoms with Gasteiger partial charge < -0.3 is 0 Å². The highest BCUT2D eigenvalue weighted by Gasteiger charge is 2.28. The zero-order valence-corrected chi connectivity index (χ0v) is 15.6. The summed E-state index contributed by atoms with van der Waals surface area (Å²) in [7, 11) is 0. The SMILES string of the molecule is CC1CCC(c2ccc(-c3cc(F)c(/C(F)=C/C(F)(F)F)c(F)c3)c(F)c2)CC1. The second-order valence-corrected chi connectivity index (χ2v) is 7.54. The Labute approximate surface area is 164 Å². The maximum atomic E-state index is 14.6. The number of halogens is 7. The molecule has 0 amide bonds. The first-order valence-corrected chi connectivity index (χ1v) is 9.29. The molecule has 1 saturated carbocycles. The fraction of sp³-hybridized carbons (Fsp3) is 0.364. The highest BCUT2D eigenvalue weighted by molar-refractivity contribution is 5.69. The van der Waals surface area contributed by atoms with Gasteiger partial charge in [0.25, 0.3) is 0 Å². The van der Waals surface area contributed by atoms with Gasteiger partial charge in [-0.2, -0.15) is 13.2 Å². The molecule has 0 spiro atoms. The molecule has 2 aromatic carbocycles. The first-order valence-electron chi connectivity index (χ1n) is 9.29. The Bertz CT molecular complexity index is 896. The molecule has 0 bridgehead atoms. The number of benzene rings is 2. The Hall–Kier alpha value is -2.31. The van der Waals surface area contributed by atoms with Gasteiger partial charge in [-0.05, 0) is 54.0 Å². The summed E-state index contributed by atoms with van der Waals surface area (Å²) < 4.78 is 93.3. The van der Waals surface area contributed by atoms with Crippen LogP contribution in [-0.4, -0.2) is 6.18 Å². The standard InChI is InChI=1S/C22H19F7/c1-12-2-4-13(5-3-12)14-6-7-16(17(23)8-14)15-9-18(24)21(19(25)10-15)20(26)11-22(27,28)29/h6-13H,2-5H2,1H3/b20-11-. The highest BCUT2D eigenvalue weighted by Crippen LogP contribution is 2.38. The van der Waals surface area contributed by atoms with Crippen LogP contribution in [0.2, 0.25) is 0 Å². The molecule has 0 aromatic heterocycles. The van der Waals surface area contributed by atoms with Gasteiger partial charge in [0.05, 0.1) is 11.6 Å². The van der Waals surface area contributed by atoms with Gasteiger partial charge in [-0.15, -0.1) is 0 Å². The van der Waals surface area contributed by atoms with Crippen molar-refractivity contribution in [3.8, 4) is 11.1 Å². The minimum absolute atomic E-state index is 0.109. The lowest BCUT2D eigenvalue weighted by atomic mass is 9.79. The third-order valence-corrected chi connectivity index (χ3v) is 5.36. The Morgan fingerprint density at radius 3 is 2.00 bits per heavy atom. The Balaban J connectivity index is 1.92. The summed E-state index contributed by atoms with van der Waals surface area (Å²) in [6.45, 7) is 2.17. The van der Waals surface area contributed by atoms with Gasteiger partial charge in [-0.3, -0.25) is 0 Å². The minimum atomic E-state index is -5.07. The molecule has 29 heavy (non-hydrogen) atoms. The number of hydrogen-bond acceptors (Lipinski definition) is 0. The van der Waals surface area contributed by atoms with Crippen LogP contribution in [-0.2, 0) is 0 Å². The van der Waals surface area contributed by atoms with Crippen molar-refractivity contribution < 1.29 is 30.7 Å². The van der Waals surface area contributed by atoms with Gasteiger partial charge in [0.1, 0.15) is 23.3 Å². The van der Waals surface area contributed by atoms with E-state index < -0.39 is 41.1 Å². The van der Waals surface area contributed by atoms with Crippen molar-refractivity contribution in [3.05, 3.63) is 65.0 Å². The van der Waals surface area contributed by atoms with Crippen LogP contribution in [0.4, 0.5) is 30.7 Å². The van der Waals surface area contributed by atoms with E-state index in [1.165, 1.54) is 12.1 Å². The van der Waals surface area contributed by atoms with Gasteiger partial charge in [-0.1, -0.05) is 31.9 Å². The second-order valence-electron chi connectivity index (χ2n) is 7.54. The summed E-state index contributed by atoms with van der Waals surface area (Å²) >= 11 is 0. The predicted octanol–water partition coefficient (Wildman–Crippen LogP) is 7.94. The molecule has 2 aromatic rings. The zero-order chi connectivity index (χ0) is 21.3. The van der Waals surface area contributed by atoms with Crippen LogP contribution in [0.3, 0.4) is 0 Å². The van der Waals surface area contributed by atoms with E-state index in [1.54, 1.807) is 6.07 Å². The van der Waals surface area contributed by atoms with E-state index in [-0.39, 0.29) is 17.0 Å². The van der Waals surface area contributed by atoms with Gasteiger partial charge in [0.15, 0.2) is 0 Å². The molecule has 7 heteroatoms. The largest absolute Gasteiger partial charge is 0.412 e. The number of alkyl halides is 3. The first-order chi connectivity index (χ1) is 13.5. The zero-order valence-electron chi connectivity index (χ0n) is 15.6. The third kappa shape index (κ3) is 5.00. The molecule has 0 aliphatic heterocycles. The van der Waals surface area contributed by atoms with Crippen LogP contribution in [0.25, 0.3) is 17.0 Å². The van der Waals surface area contributed by atoms with Crippen LogP contribution < -0.4 is 0 Å². The van der Waals surface area contributed by atoms with E-state index in [0.717, 1.165) is 31.2 Å². The van der Waals surface area contributed by atoms with Crippen molar-refractivity contribution in [1.82, 2.24) is 0 Å². The number of allylic oxidation sites excluding steroid dienone is 1. The maximum Gasteiger partial charge on any atom is 0.412 e. The second kappa shape index (κ2) is 8.20. The van der Waals surface area contributed by atoms with Crippen molar-refractivity contribution >= 4 is 5.83 Å². The summed E-state index contributed by atoms with van der Waals surface area (Å²) in [5.74, 6) is -5.01. The molecule has 156 valence electrons. The van der Waals surface area contributed by atoms with E-state index in [1.807, 2.05) is 0 Å². The fourth-order valence-corrected chi connectivity index (χ4v) is 3.79. The summed E-state index contributed by atoms with van der Waals surface area (Å²) in [6, 6.07) is 5.65. The van der Waals surface area contributed by atoms with Crippen LogP contribution in [0, 0.1) is 23.4 Å². The Morgan fingerprint density at radius 1 is 0.897 bits per heavy atom. The predicted molar refractivity (Wildman–Crippen MR) is 97.3 cm³/mol. The Morgan fingerprint density at radius 2 is 1.48 bits per heavy atom. The monoisotopic (exact) mass is 416 g/mol. The summed E-state index contributed by atoms with van der Waals surface area (Å²) in [5, 5.41) is 0. The topological polar surface area (TPSA) is 0 Å². The fourth-order valence-electron chi connectivity index (χ4n) is 3.79. The third-order valence-electron chi connectivity index (χ3n) is 5.36. The smallest absolute Gasteiger partial charge is 0.206 e. The molecular formula is C22H19F7. The lowest BCUT2D eigenvalue weighted by Gasteiger charge is -2.26. The Kier molecular flexibility index (Phi) is 6.05. The number of rotatable bonds is 3. The van der Waals surface area contributed by atoms with Crippen LogP contribution >= 0.6 is 0 Å². The lowest BCUT2D eigenvalue weighted by molar-refractivity contribution is -0.0798. The van der Waals surface area contributed by atoms with E-state index in [0.29, 0.717) is 18.1 Å². The molecule has 1 aliphatic carbocycles. The molecule has 0 N–H and O–H groups in total. The van der Waals surface area contributed by atoms with Gasteiger partial charge in [-0.25, -0.2) is 17.6 Å². The number of hydrogen-bond donors (Lipinski definition) is 0. The van der Waals surface area contributed by atoms with Gasteiger partial charge in [0, 0.05) is 5.56 Å². The minimum Gasteiger partial charge on any atom is -0.206 e. The van der Waals surface area contributed by atoms with E-state index in [2.05, 4.69) is 6.92 Å². The first kappa shape index (κ1) is 21.4. The van der Waals surface area contributed by atoms with E-state index in [9.17, 15) is 30.7 Å². The van der Waals surface area contributed by atoms with Crippen molar-refractivity contribution in [2.75, 3.05) is 0 Å². The van der Waals surface area contributed by atoms with Crippen molar-refractivity contribution in [1.29, 1.82) is 0 Å². The molecule has 0 heterocycles. The molecular weight excluding hydrogens is 397 g/mol. The molecule has 0 nitrogen and oxygen atoms in total. The molecule has 1 fully saturated rings. The van der Waals surface area contributed by atoms with Crippen LogP contribution in [0.1, 0.15) is 49.7 Å². The van der Waals surface area contributed by atoms with Crippen molar-refractivity contribution in [2.45, 2.75) is 44.7 Å². The molecule has 0 radical (unpaired) electrons. The summed E-state index contributed by atoms with van der Waals surface area (Å²) in [6.07, 6.45) is -1.94. The molecule has 1 aliphatic rings. The average molecular weight is 416 g/mol.